The summed E-state index contributed by atoms with van der Waals surface area (Å²) in [5, 5.41) is 0. The highest BCUT2D eigenvalue weighted by molar-refractivity contribution is 9.10. The number of rotatable bonds is 2. The fourth-order valence-electron chi connectivity index (χ4n) is 0.840. The van der Waals surface area contributed by atoms with Crippen molar-refractivity contribution >= 4 is 26.2 Å². The fraction of sp³-hybridized carbons (Fsp3) is 0.143. The van der Waals surface area contributed by atoms with Gasteiger partial charge in [-0.3, -0.25) is 0 Å². The number of hydrogen-bond acceptors (Lipinski definition) is 2. The van der Waals surface area contributed by atoms with E-state index in [1.165, 1.54) is 6.07 Å². The van der Waals surface area contributed by atoms with Crippen LogP contribution in [0, 0.1) is 5.82 Å². The Morgan fingerprint density at radius 3 is 2.54 bits per heavy atom. The molecule has 2 nitrogen and oxygen atoms in total. The molecule has 1 aromatic carbocycles. The molecule has 6 heteroatoms. The van der Waals surface area contributed by atoms with Gasteiger partial charge in [0, 0.05) is 4.47 Å². The number of hydrogen-bond donors (Lipinski definition) is 0. The van der Waals surface area contributed by atoms with Crippen LogP contribution in [-0.2, 0) is 16.0 Å². The van der Waals surface area contributed by atoms with Crippen LogP contribution in [0.25, 0.3) is 0 Å². The highest BCUT2D eigenvalue weighted by Gasteiger charge is 2.12. The van der Waals surface area contributed by atoms with Gasteiger partial charge in [-0.25, -0.2) is 4.39 Å². The van der Waals surface area contributed by atoms with E-state index in [-0.39, 0.29) is 5.56 Å². The molecule has 0 amide bonds. The molecule has 0 aromatic heterocycles. The Hall–Kier alpha value is -0.490. The summed E-state index contributed by atoms with van der Waals surface area (Å²) in [4.78, 5) is 0. The lowest BCUT2D eigenvalue weighted by Gasteiger charge is -2.00. The number of benzene rings is 1. The molecular weight excluding hydrogens is 266 g/mol. The quantitative estimate of drug-likeness (QED) is 0.774. The summed E-state index contributed by atoms with van der Waals surface area (Å²) < 4.78 is 45.7. The third-order valence-electron chi connectivity index (χ3n) is 1.34. The summed E-state index contributed by atoms with van der Waals surface area (Å²) in [7, 11) is -4.61. The number of halogens is 3. The zero-order valence-electron chi connectivity index (χ0n) is 6.30. The van der Waals surface area contributed by atoms with Gasteiger partial charge in [0.15, 0.2) is 0 Å². The van der Waals surface area contributed by atoms with Crippen molar-refractivity contribution in [2.45, 2.75) is 5.75 Å². The minimum absolute atomic E-state index is 0.0718. The molecule has 13 heavy (non-hydrogen) atoms. The average Bonchev–Trinajstić information content (AvgIpc) is 1.94. The van der Waals surface area contributed by atoms with Crippen LogP contribution < -0.4 is 0 Å². The first-order valence-corrected chi connectivity index (χ1v) is 5.59. The van der Waals surface area contributed by atoms with Crippen molar-refractivity contribution in [3.05, 3.63) is 34.1 Å². The van der Waals surface area contributed by atoms with Crippen molar-refractivity contribution in [2.75, 3.05) is 0 Å². The Labute approximate surface area is 82.9 Å². The van der Waals surface area contributed by atoms with E-state index in [0.717, 1.165) is 12.1 Å². The van der Waals surface area contributed by atoms with E-state index in [4.69, 9.17) is 0 Å². The molecule has 0 N–H and O–H groups in total. The van der Waals surface area contributed by atoms with E-state index in [2.05, 4.69) is 15.9 Å². The standard InChI is InChI=1S/C7H5BrF2O2S/c8-7-2-1-6(9)3-5(7)4-13(10,11)12/h1-3H,4H2. The van der Waals surface area contributed by atoms with Gasteiger partial charge in [0.1, 0.15) is 11.6 Å². The molecule has 0 radical (unpaired) electrons. The summed E-state index contributed by atoms with van der Waals surface area (Å²) in [5.41, 5.74) is 0.0718. The van der Waals surface area contributed by atoms with E-state index in [9.17, 15) is 16.7 Å². The smallest absolute Gasteiger partial charge is 0.207 e. The Kier molecular flexibility index (Phi) is 3.02. The summed E-state index contributed by atoms with van der Waals surface area (Å²) in [6.45, 7) is 0. The molecule has 0 aliphatic heterocycles. The molecule has 0 aliphatic carbocycles. The Morgan fingerprint density at radius 2 is 2.00 bits per heavy atom. The monoisotopic (exact) mass is 270 g/mol. The molecule has 1 aromatic rings. The van der Waals surface area contributed by atoms with Gasteiger partial charge in [-0.15, -0.1) is 3.89 Å². The van der Waals surface area contributed by atoms with Crippen LogP contribution in [0.15, 0.2) is 22.7 Å². The summed E-state index contributed by atoms with van der Waals surface area (Å²) in [6.07, 6.45) is 0. The van der Waals surface area contributed by atoms with Crippen molar-refractivity contribution in [3.8, 4) is 0 Å². The zero-order valence-corrected chi connectivity index (χ0v) is 8.70. The second-order valence-electron chi connectivity index (χ2n) is 2.42. The van der Waals surface area contributed by atoms with Crippen LogP contribution >= 0.6 is 15.9 Å². The maximum atomic E-state index is 12.6. The van der Waals surface area contributed by atoms with Crippen molar-refractivity contribution in [2.24, 2.45) is 0 Å². The highest BCUT2D eigenvalue weighted by Crippen LogP contribution is 2.20. The first-order chi connectivity index (χ1) is 5.88. The van der Waals surface area contributed by atoms with Crippen LogP contribution in [0.2, 0.25) is 0 Å². The second-order valence-corrected chi connectivity index (χ2v) is 4.64. The van der Waals surface area contributed by atoms with Crippen LogP contribution in [0.4, 0.5) is 8.28 Å². The second kappa shape index (κ2) is 3.71. The van der Waals surface area contributed by atoms with Crippen molar-refractivity contribution in [3.63, 3.8) is 0 Å². The van der Waals surface area contributed by atoms with Crippen LogP contribution in [-0.4, -0.2) is 8.42 Å². The molecular formula is C7H5BrF2O2S. The molecule has 0 saturated heterocycles. The molecule has 0 spiro atoms. The van der Waals surface area contributed by atoms with Gasteiger partial charge in [-0.05, 0) is 23.8 Å². The molecule has 0 atom stereocenters. The molecule has 1 rings (SSSR count). The van der Waals surface area contributed by atoms with Crippen molar-refractivity contribution in [1.82, 2.24) is 0 Å². The average molecular weight is 271 g/mol. The third-order valence-corrected chi connectivity index (χ3v) is 2.77. The predicted octanol–water partition coefficient (Wildman–Crippen LogP) is 2.39. The topological polar surface area (TPSA) is 34.1 Å². The van der Waals surface area contributed by atoms with Crippen LogP contribution in [0.1, 0.15) is 5.56 Å². The summed E-state index contributed by atoms with van der Waals surface area (Å²) in [6, 6.07) is 3.45. The molecule has 0 unspecified atom stereocenters. The molecule has 0 aliphatic rings. The Morgan fingerprint density at radius 1 is 1.38 bits per heavy atom. The third kappa shape index (κ3) is 3.40. The van der Waals surface area contributed by atoms with Gasteiger partial charge < -0.3 is 0 Å². The van der Waals surface area contributed by atoms with Crippen LogP contribution in [0.5, 0.6) is 0 Å². The van der Waals surface area contributed by atoms with E-state index in [1.807, 2.05) is 0 Å². The molecule has 72 valence electrons. The molecule has 0 fully saturated rings. The van der Waals surface area contributed by atoms with Crippen molar-refractivity contribution < 1.29 is 16.7 Å². The first kappa shape index (κ1) is 10.6. The summed E-state index contributed by atoms with van der Waals surface area (Å²) in [5.74, 6) is -1.41. The Balaban J connectivity index is 3.08. The van der Waals surface area contributed by atoms with Gasteiger partial charge in [0.25, 0.3) is 0 Å². The predicted molar refractivity (Wildman–Crippen MR) is 47.8 cm³/mol. The maximum absolute atomic E-state index is 12.6. The van der Waals surface area contributed by atoms with Gasteiger partial charge in [0.05, 0.1) is 0 Å². The van der Waals surface area contributed by atoms with Gasteiger partial charge >= 0.3 is 10.2 Å². The van der Waals surface area contributed by atoms with Crippen LogP contribution in [0.3, 0.4) is 0 Å². The molecule has 0 bridgehead atoms. The van der Waals surface area contributed by atoms with E-state index in [1.54, 1.807) is 0 Å². The van der Waals surface area contributed by atoms with Gasteiger partial charge in [0.2, 0.25) is 0 Å². The van der Waals surface area contributed by atoms with Gasteiger partial charge in [-0.2, -0.15) is 8.42 Å². The van der Waals surface area contributed by atoms with E-state index < -0.39 is 21.8 Å². The SMILES string of the molecule is O=S(=O)(F)Cc1cc(F)ccc1Br. The largest absolute Gasteiger partial charge is 0.306 e. The van der Waals surface area contributed by atoms with E-state index in [0.29, 0.717) is 4.47 Å². The Bertz CT molecular complexity index is 417. The lowest BCUT2D eigenvalue weighted by Crippen LogP contribution is -1.97. The summed E-state index contributed by atoms with van der Waals surface area (Å²) >= 11 is 2.99. The highest BCUT2D eigenvalue weighted by atomic mass is 79.9. The van der Waals surface area contributed by atoms with Gasteiger partial charge in [-0.1, -0.05) is 15.9 Å². The molecule has 0 saturated carbocycles. The van der Waals surface area contributed by atoms with E-state index >= 15 is 0 Å². The minimum Gasteiger partial charge on any atom is -0.207 e. The molecule has 0 heterocycles. The lowest BCUT2D eigenvalue weighted by atomic mass is 10.2. The minimum atomic E-state index is -4.61. The fourth-order valence-corrected chi connectivity index (χ4v) is 2.02. The maximum Gasteiger partial charge on any atom is 0.306 e. The van der Waals surface area contributed by atoms with Crippen molar-refractivity contribution in [1.29, 1.82) is 0 Å². The zero-order chi connectivity index (χ0) is 10.1. The first-order valence-electron chi connectivity index (χ1n) is 3.25. The normalized spacial score (nSPS) is 11.6. The lowest BCUT2D eigenvalue weighted by molar-refractivity contribution is 0.550.